The lowest BCUT2D eigenvalue weighted by Gasteiger charge is -2.30. The Labute approximate surface area is 202 Å². The van der Waals surface area contributed by atoms with Gasteiger partial charge in [-0.25, -0.2) is 0 Å². The van der Waals surface area contributed by atoms with Crippen LogP contribution < -0.4 is 16.0 Å². The molecule has 34 heavy (non-hydrogen) atoms. The van der Waals surface area contributed by atoms with E-state index in [-0.39, 0.29) is 23.8 Å². The molecule has 4 N–H and O–H groups in total. The molecule has 1 aromatic heterocycles. The van der Waals surface area contributed by atoms with Crippen molar-refractivity contribution in [2.75, 3.05) is 0 Å². The molecule has 0 radical (unpaired) electrons. The van der Waals surface area contributed by atoms with Crippen molar-refractivity contribution in [1.82, 2.24) is 20.9 Å². The van der Waals surface area contributed by atoms with Crippen LogP contribution in [-0.4, -0.2) is 40.3 Å². The number of nitrogens with zero attached hydrogens (tertiary/aromatic N) is 1. The first-order valence-corrected chi connectivity index (χ1v) is 12.3. The zero-order valence-corrected chi connectivity index (χ0v) is 19.6. The van der Waals surface area contributed by atoms with Crippen LogP contribution in [-0.2, 0) is 9.59 Å². The second-order valence-electron chi connectivity index (χ2n) is 10.0. The fraction of sp³-hybridized carbons (Fsp3) is 0.520. The highest BCUT2D eigenvalue weighted by Gasteiger charge is 2.48. The van der Waals surface area contributed by atoms with Crippen molar-refractivity contribution >= 4 is 40.2 Å². The molecule has 1 aliphatic heterocycles. The molecule has 3 atom stereocenters. The predicted octanol–water partition coefficient (Wildman–Crippen LogP) is 3.18. The summed E-state index contributed by atoms with van der Waals surface area (Å²) in [6, 6.07) is 7.68. The maximum absolute atomic E-state index is 13.1. The number of aromatic nitrogens is 1. The quantitative estimate of drug-likeness (QED) is 0.461. The molecule has 3 fully saturated rings. The Kier molecular flexibility index (Phi) is 5.98. The van der Waals surface area contributed by atoms with Gasteiger partial charge in [0.2, 0.25) is 11.8 Å². The van der Waals surface area contributed by atoms with Crippen LogP contribution in [0.4, 0.5) is 0 Å². The zero-order chi connectivity index (χ0) is 23.9. The number of benzene rings is 1. The van der Waals surface area contributed by atoms with Crippen LogP contribution >= 0.6 is 11.6 Å². The van der Waals surface area contributed by atoms with E-state index in [2.05, 4.69) is 27.0 Å². The molecule has 2 heterocycles. The molecule has 8 nitrogen and oxygen atoms in total. The van der Waals surface area contributed by atoms with Gasteiger partial charge in [0.1, 0.15) is 17.8 Å². The molecular weight excluding hydrogens is 454 g/mol. The van der Waals surface area contributed by atoms with Crippen LogP contribution in [0, 0.1) is 23.2 Å². The first-order chi connectivity index (χ1) is 16.4. The third-order valence-electron chi connectivity index (χ3n) is 7.31. The number of rotatable bonds is 8. The molecular formula is C25H28ClN5O3. The Bertz CT molecular complexity index is 1180. The number of hydrogen-bond acceptors (Lipinski definition) is 4. The van der Waals surface area contributed by atoms with Crippen molar-refractivity contribution in [2.24, 2.45) is 11.8 Å². The standard InChI is InChI=1S/C25H28ClN5O3/c26-18-3-1-2-15-12-20(29-21(15)18)24(34)30-19(10-14-4-5-14)23(33)28-17(13-27)11-16-6-7-25(8-9-25)31-22(16)32/h1-3,12,14,16-17,19,29H,4-11H2,(H,28,33)(H,30,34)(H,31,32). The number of H-pyrrole nitrogens is 1. The van der Waals surface area contributed by atoms with Gasteiger partial charge in [0.25, 0.3) is 5.91 Å². The zero-order valence-electron chi connectivity index (χ0n) is 18.8. The Balaban J connectivity index is 1.23. The summed E-state index contributed by atoms with van der Waals surface area (Å²) < 4.78 is 0. The summed E-state index contributed by atoms with van der Waals surface area (Å²) in [7, 11) is 0. The van der Waals surface area contributed by atoms with Gasteiger partial charge in [-0.2, -0.15) is 5.26 Å². The van der Waals surface area contributed by atoms with Gasteiger partial charge in [-0.05, 0) is 56.6 Å². The molecule has 0 bridgehead atoms. The van der Waals surface area contributed by atoms with E-state index in [0.29, 0.717) is 28.6 Å². The van der Waals surface area contributed by atoms with Crippen molar-refractivity contribution in [3.8, 4) is 6.07 Å². The van der Waals surface area contributed by atoms with E-state index in [9.17, 15) is 19.6 Å². The first kappa shape index (κ1) is 22.7. The van der Waals surface area contributed by atoms with E-state index < -0.39 is 23.9 Å². The molecule has 3 unspecified atom stereocenters. The van der Waals surface area contributed by atoms with Crippen LogP contribution in [0.5, 0.6) is 0 Å². The lowest BCUT2D eigenvalue weighted by atomic mass is 9.87. The van der Waals surface area contributed by atoms with Gasteiger partial charge in [-0.1, -0.05) is 36.6 Å². The topological polar surface area (TPSA) is 127 Å². The van der Waals surface area contributed by atoms with E-state index in [1.807, 2.05) is 12.1 Å². The molecule has 2 saturated carbocycles. The molecule has 1 spiro atoms. The fourth-order valence-electron chi connectivity index (χ4n) is 4.85. The van der Waals surface area contributed by atoms with Crippen molar-refractivity contribution in [1.29, 1.82) is 5.26 Å². The Morgan fingerprint density at radius 1 is 1.18 bits per heavy atom. The highest BCUT2D eigenvalue weighted by Crippen LogP contribution is 2.44. The largest absolute Gasteiger partial charge is 0.350 e. The third-order valence-corrected chi connectivity index (χ3v) is 7.63. The molecule has 3 aliphatic rings. The lowest BCUT2D eigenvalue weighted by Crippen LogP contribution is -2.51. The smallest absolute Gasteiger partial charge is 0.268 e. The van der Waals surface area contributed by atoms with Crippen LogP contribution in [0.3, 0.4) is 0 Å². The monoisotopic (exact) mass is 481 g/mol. The normalized spacial score (nSPS) is 22.5. The highest BCUT2D eigenvalue weighted by molar-refractivity contribution is 6.35. The molecule has 178 valence electrons. The van der Waals surface area contributed by atoms with Gasteiger partial charge in [-0.3, -0.25) is 14.4 Å². The van der Waals surface area contributed by atoms with Gasteiger partial charge in [0, 0.05) is 16.8 Å². The maximum atomic E-state index is 13.1. The van der Waals surface area contributed by atoms with E-state index in [0.717, 1.165) is 43.9 Å². The number of carbonyl (C=O) groups excluding carboxylic acids is 3. The van der Waals surface area contributed by atoms with Crippen molar-refractivity contribution < 1.29 is 14.4 Å². The highest BCUT2D eigenvalue weighted by atomic mass is 35.5. The number of nitriles is 1. The molecule has 1 saturated heterocycles. The average molecular weight is 482 g/mol. The maximum Gasteiger partial charge on any atom is 0.268 e. The fourth-order valence-corrected chi connectivity index (χ4v) is 5.08. The minimum absolute atomic E-state index is 0.00847. The molecule has 2 aliphatic carbocycles. The average Bonchev–Trinajstić information content (AvgIpc) is 3.73. The SMILES string of the molecule is N#CC(CC1CCC2(CC2)NC1=O)NC(=O)C(CC1CC1)NC(=O)c1cc2cccc(Cl)c2[nH]1. The number of piperidine rings is 1. The number of hydrogen-bond donors (Lipinski definition) is 4. The second kappa shape index (κ2) is 8.95. The lowest BCUT2D eigenvalue weighted by molar-refractivity contribution is -0.129. The Hall–Kier alpha value is -3.05. The van der Waals surface area contributed by atoms with Gasteiger partial charge in [0.05, 0.1) is 16.6 Å². The summed E-state index contributed by atoms with van der Waals surface area (Å²) in [5.74, 6) is -0.728. The number of fused-ring (bicyclic) bond motifs is 1. The molecule has 2 aromatic rings. The van der Waals surface area contributed by atoms with Crippen LogP contribution in [0.15, 0.2) is 24.3 Å². The van der Waals surface area contributed by atoms with E-state index in [1.54, 1.807) is 12.1 Å². The number of halogens is 1. The summed E-state index contributed by atoms with van der Waals surface area (Å²) in [4.78, 5) is 41.5. The number of amides is 3. The summed E-state index contributed by atoms with van der Waals surface area (Å²) in [5.41, 5.74) is 0.980. The van der Waals surface area contributed by atoms with E-state index in [1.165, 1.54) is 0 Å². The van der Waals surface area contributed by atoms with E-state index >= 15 is 0 Å². The van der Waals surface area contributed by atoms with Crippen molar-refractivity contribution in [3.05, 3.63) is 35.0 Å². The molecule has 5 rings (SSSR count). The van der Waals surface area contributed by atoms with Crippen LogP contribution in [0.2, 0.25) is 5.02 Å². The number of nitrogens with one attached hydrogen (secondary N) is 4. The number of carbonyl (C=O) groups is 3. The Morgan fingerprint density at radius 2 is 1.97 bits per heavy atom. The molecule has 1 aromatic carbocycles. The Morgan fingerprint density at radius 3 is 2.62 bits per heavy atom. The second-order valence-corrected chi connectivity index (χ2v) is 10.4. The van der Waals surface area contributed by atoms with Crippen molar-refractivity contribution in [3.63, 3.8) is 0 Å². The first-order valence-electron chi connectivity index (χ1n) is 12.0. The van der Waals surface area contributed by atoms with Gasteiger partial charge in [-0.15, -0.1) is 0 Å². The van der Waals surface area contributed by atoms with Crippen LogP contribution in [0.1, 0.15) is 61.9 Å². The third kappa shape index (κ3) is 4.90. The predicted molar refractivity (Wildman–Crippen MR) is 127 cm³/mol. The molecule has 3 amide bonds. The van der Waals surface area contributed by atoms with Crippen LogP contribution in [0.25, 0.3) is 10.9 Å². The summed E-state index contributed by atoms with van der Waals surface area (Å²) >= 11 is 6.20. The minimum atomic E-state index is -0.790. The summed E-state index contributed by atoms with van der Waals surface area (Å²) in [5, 5.41) is 19.7. The molecule has 9 heteroatoms. The number of aromatic amines is 1. The number of para-hydroxylation sites is 1. The van der Waals surface area contributed by atoms with E-state index in [4.69, 9.17) is 11.6 Å². The summed E-state index contributed by atoms with van der Waals surface area (Å²) in [6.07, 6.45) is 6.53. The van der Waals surface area contributed by atoms with Gasteiger partial charge >= 0.3 is 0 Å². The van der Waals surface area contributed by atoms with Crippen molar-refractivity contribution in [2.45, 2.75) is 69.0 Å². The van der Waals surface area contributed by atoms with Gasteiger partial charge in [0.15, 0.2) is 0 Å². The summed E-state index contributed by atoms with van der Waals surface area (Å²) in [6.45, 7) is 0. The van der Waals surface area contributed by atoms with Gasteiger partial charge < -0.3 is 20.9 Å². The minimum Gasteiger partial charge on any atom is -0.350 e.